The van der Waals surface area contributed by atoms with E-state index < -0.39 is 20.7 Å². The molecule has 0 unspecified atom stereocenters. The summed E-state index contributed by atoms with van der Waals surface area (Å²) in [6.07, 6.45) is 0. The molecule has 0 radical (unpaired) electrons. The Bertz CT molecular complexity index is 558. The van der Waals surface area contributed by atoms with E-state index >= 15 is 0 Å². The molecule has 4 nitrogen and oxygen atoms in total. The molecule has 0 aliphatic rings. The predicted octanol–water partition coefficient (Wildman–Crippen LogP) is 2.02. The van der Waals surface area contributed by atoms with Gasteiger partial charge in [0.25, 0.3) is 0 Å². The first kappa shape index (κ1) is 14.1. The molecule has 0 saturated heterocycles. The number of benzene rings is 1. The van der Waals surface area contributed by atoms with Crippen molar-refractivity contribution in [2.45, 2.75) is 11.8 Å². The van der Waals surface area contributed by atoms with Crippen molar-refractivity contribution in [2.75, 3.05) is 12.3 Å². The van der Waals surface area contributed by atoms with Gasteiger partial charge >= 0.3 is 0 Å². The highest BCUT2D eigenvalue weighted by Gasteiger charge is 2.21. The molecule has 3 N–H and O–H groups in total. The van der Waals surface area contributed by atoms with Crippen molar-refractivity contribution in [3.63, 3.8) is 0 Å². The van der Waals surface area contributed by atoms with Crippen LogP contribution >= 0.6 is 15.9 Å². The summed E-state index contributed by atoms with van der Waals surface area (Å²) in [4.78, 5) is -0.481. The van der Waals surface area contributed by atoms with Gasteiger partial charge < -0.3 is 5.73 Å². The van der Waals surface area contributed by atoms with Gasteiger partial charge in [-0.2, -0.15) is 0 Å². The highest BCUT2D eigenvalue weighted by molar-refractivity contribution is 9.10. The maximum atomic E-state index is 13.7. The molecular weight excluding hydrogens is 311 g/mol. The molecule has 17 heavy (non-hydrogen) atoms. The second kappa shape index (κ2) is 5.16. The van der Waals surface area contributed by atoms with Gasteiger partial charge in [-0.1, -0.05) is 12.2 Å². The van der Waals surface area contributed by atoms with Crippen LogP contribution in [0.1, 0.15) is 6.92 Å². The lowest BCUT2D eigenvalue weighted by molar-refractivity contribution is 0.556. The minimum atomic E-state index is -3.93. The van der Waals surface area contributed by atoms with Gasteiger partial charge in [-0.15, -0.1) is 0 Å². The highest BCUT2D eigenvalue weighted by Crippen LogP contribution is 2.25. The van der Waals surface area contributed by atoms with Crippen LogP contribution < -0.4 is 10.5 Å². The molecule has 1 aromatic rings. The van der Waals surface area contributed by atoms with Gasteiger partial charge in [0.05, 0.1) is 4.47 Å². The number of halogens is 2. The highest BCUT2D eigenvalue weighted by atomic mass is 79.9. The van der Waals surface area contributed by atoms with E-state index in [0.29, 0.717) is 5.57 Å². The number of hydrogen-bond acceptors (Lipinski definition) is 3. The van der Waals surface area contributed by atoms with Gasteiger partial charge in [-0.3, -0.25) is 0 Å². The first-order valence-electron chi connectivity index (χ1n) is 4.62. The maximum Gasteiger partial charge on any atom is 0.243 e. The van der Waals surface area contributed by atoms with Crippen LogP contribution in [0, 0.1) is 5.82 Å². The van der Waals surface area contributed by atoms with E-state index in [1.807, 2.05) is 0 Å². The third kappa shape index (κ3) is 3.52. The van der Waals surface area contributed by atoms with Crippen LogP contribution in [-0.2, 0) is 10.0 Å². The normalized spacial score (nSPS) is 11.5. The van der Waals surface area contributed by atoms with Crippen molar-refractivity contribution >= 4 is 31.6 Å². The third-order valence-electron chi connectivity index (χ3n) is 1.87. The number of nitrogens with two attached hydrogens (primary N) is 1. The number of hydrogen-bond donors (Lipinski definition) is 2. The molecule has 0 amide bonds. The van der Waals surface area contributed by atoms with E-state index in [0.717, 1.165) is 6.07 Å². The monoisotopic (exact) mass is 322 g/mol. The minimum Gasteiger partial charge on any atom is -0.399 e. The number of nitrogen functional groups attached to an aromatic ring is 1. The van der Waals surface area contributed by atoms with E-state index in [2.05, 4.69) is 27.2 Å². The molecule has 7 heteroatoms. The number of anilines is 1. The summed E-state index contributed by atoms with van der Waals surface area (Å²) in [5, 5.41) is 0. The summed E-state index contributed by atoms with van der Waals surface area (Å²) in [6, 6.07) is 2.37. The SMILES string of the molecule is C=C(C)CNS(=O)(=O)c1cc(N)cc(Br)c1F. The van der Waals surface area contributed by atoms with Crippen LogP contribution in [0.15, 0.2) is 33.7 Å². The van der Waals surface area contributed by atoms with Crippen molar-refractivity contribution in [1.82, 2.24) is 4.72 Å². The van der Waals surface area contributed by atoms with Crippen LogP contribution in [0.5, 0.6) is 0 Å². The molecule has 0 atom stereocenters. The fourth-order valence-electron chi connectivity index (χ4n) is 1.08. The van der Waals surface area contributed by atoms with Crippen LogP contribution in [0.4, 0.5) is 10.1 Å². The van der Waals surface area contributed by atoms with Gasteiger partial charge in [0.2, 0.25) is 10.0 Å². The second-order valence-electron chi connectivity index (χ2n) is 3.60. The molecule has 0 saturated carbocycles. The molecule has 0 spiro atoms. The Morgan fingerprint density at radius 3 is 2.71 bits per heavy atom. The zero-order valence-corrected chi connectivity index (χ0v) is 11.5. The summed E-state index contributed by atoms with van der Waals surface area (Å²) >= 11 is 2.90. The van der Waals surface area contributed by atoms with Crippen molar-refractivity contribution in [1.29, 1.82) is 0 Å². The van der Waals surface area contributed by atoms with Crippen LogP contribution in [-0.4, -0.2) is 15.0 Å². The topological polar surface area (TPSA) is 72.2 Å². The van der Waals surface area contributed by atoms with Crippen molar-refractivity contribution < 1.29 is 12.8 Å². The molecule has 94 valence electrons. The van der Waals surface area contributed by atoms with E-state index in [1.54, 1.807) is 6.92 Å². The van der Waals surface area contributed by atoms with E-state index in [-0.39, 0.29) is 16.7 Å². The Morgan fingerprint density at radius 2 is 2.18 bits per heavy atom. The largest absolute Gasteiger partial charge is 0.399 e. The average molecular weight is 323 g/mol. The maximum absolute atomic E-state index is 13.7. The van der Waals surface area contributed by atoms with E-state index in [9.17, 15) is 12.8 Å². The molecule has 0 bridgehead atoms. The van der Waals surface area contributed by atoms with Crippen LogP contribution in [0.3, 0.4) is 0 Å². The Hall–Kier alpha value is -0.920. The molecule has 0 fully saturated rings. The molecule has 0 aliphatic heterocycles. The third-order valence-corrected chi connectivity index (χ3v) is 3.85. The molecule has 1 aromatic carbocycles. The first-order chi connectivity index (χ1) is 7.74. The smallest absolute Gasteiger partial charge is 0.243 e. The average Bonchev–Trinajstić information content (AvgIpc) is 2.20. The standard InChI is InChI=1S/C10H12BrFN2O2S/c1-6(2)5-14-17(15,16)9-4-7(13)3-8(11)10(9)12/h3-4,14H,1,5,13H2,2H3. The number of rotatable bonds is 4. The summed E-state index contributed by atoms with van der Waals surface area (Å²) in [6.45, 7) is 5.27. The summed E-state index contributed by atoms with van der Waals surface area (Å²) in [5.74, 6) is -0.867. The predicted molar refractivity (Wildman–Crippen MR) is 68.5 cm³/mol. The van der Waals surface area contributed by atoms with Gasteiger partial charge in [-0.05, 0) is 35.0 Å². The molecule has 0 heterocycles. The lowest BCUT2D eigenvalue weighted by Crippen LogP contribution is -2.26. The molecule has 0 aliphatic carbocycles. The van der Waals surface area contributed by atoms with Gasteiger partial charge in [0, 0.05) is 12.2 Å². The summed E-state index contributed by atoms with van der Waals surface area (Å²) in [7, 11) is -3.93. The number of nitrogens with one attached hydrogen (secondary N) is 1. The number of sulfonamides is 1. The molecular formula is C10H12BrFN2O2S. The fraction of sp³-hybridized carbons (Fsp3) is 0.200. The van der Waals surface area contributed by atoms with Crippen LogP contribution in [0.2, 0.25) is 0 Å². The Kier molecular flexibility index (Phi) is 4.29. The van der Waals surface area contributed by atoms with Crippen molar-refractivity contribution in [2.24, 2.45) is 0 Å². The lowest BCUT2D eigenvalue weighted by Gasteiger charge is -2.09. The second-order valence-corrected chi connectivity index (χ2v) is 6.19. The van der Waals surface area contributed by atoms with Crippen LogP contribution in [0.25, 0.3) is 0 Å². The van der Waals surface area contributed by atoms with E-state index in [1.165, 1.54) is 6.07 Å². The van der Waals surface area contributed by atoms with Gasteiger partial charge in [-0.25, -0.2) is 17.5 Å². The summed E-state index contributed by atoms with van der Waals surface area (Å²) in [5.41, 5.74) is 6.26. The zero-order valence-electron chi connectivity index (χ0n) is 9.13. The Morgan fingerprint density at radius 1 is 1.59 bits per heavy atom. The fourth-order valence-corrected chi connectivity index (χ4v) is 2.91. The Balaban J connectivity index is 3.19. The van der Waals surface area contributed by atoms with Crippen molar-refractivity contribution in [3.8, 4) is 0 Å². The molecule has 1 rings (SSSR count). The lowest BCUT2D eigenvalue weighted by atomic mass is 10.3. The molecule has 0 aromatic heterocycles. The first-order valence-corrected chi connectivity index (χ1v) is 6.90. The van der Waals surface area contributed by atoms with E-state index in [4.69, 9.17) is 5.73 Å². The Labute approximate surface area is 108 Å². The zero-order chi connectivity index (χ0) is 13.2. The summed E-state index contributed by atoms with van der Waals surface area (Å²) < 4.78 is 39.5. The van der Waals surface area contributed by atoms with Gasteiger partial charge in [0.1, 0.15) is 4.90 Å². The van der Waals surface area contributed by atoms with Gasteiger partial charge in [0.15, 0.2) is 5.82 Å². The minimum absolute atomic E-state index is 0.00759. The van der Waals surface area contributed by atoms with Crippen molar-refractivity contribution in [3.05, 3.63) is 34.6 Å². The quantitative estimate of drug-likeness (QED) is 0.658.